The third-order valence-corrected chi connectivity index (χ3v) is 3.69. The monoisotopic (exact) mass is 213 g/mol. The average Bonchev–Trinajstić information content (AvgIpc) is 2.88. The lowest BCUT2D eigenvalue weighted by atomic mass is 10.0. The summed E-state index contributed by atoms with van der Waals surface area (Å²) >= 11 is 0. The molecular formula is C10H15NO4. The van der Waals surface area contributed by atoms with Gasteiger partial charge in [0.2, 0.25) is 0 Å². The van der Waals surface area contributed by atoms with Crippen LogP contribution in [0.5, 0.6) is 0 Å². The summed E-state index contributed by atoms with van der Waals surface area (Å²) < 4.78 is 4.84. The highest BCUT2D eigenvalue weighted by molar-refractivity contribution is 5.84. The second-order valence-electron chi connectivity index (χ2n) is 4.30. The van der Waals surface area contributed by atoms with E-state index in [0.717, 1.165) is 25.7 Å². The molecule has 2 unspecified atom stereocenters. The number of nitrogens with zero attached hydrogens (tertiary/aromatic N) is 1. The third kappa shape index (κ3) is 1.25. The van der Waals surface area contributed by atoms with Gasteiger partial charge in [-0.1, -0.05) is 12.8 Å². The Balaban J connectivity index is 2.20. The van der Waals surface area contributed by atoms with Crippen LogP contribution in [0, 0.1) is 22.0 Å². The van der Waals surface area contributed by atoms with Gasteiger partial charge in [0.1, 0.15) is 0 Å². The number of carbonyl (C=O) groups excluding carboxylic acids is 1. The molecule has 2 aliphatic carbocycles. The van der Waals surface area contributed by atoms with E-state index in [9.17, 15) is 14.9 Å². The van der Waals surface area contributed by atoms with Gasteiger partial charge in [-0.3, -0.25) is 10.1 Å². The van der Waals surface area contributed by atoms with Gasteiger partial charge >= 0.3 is 11.5 Å². The largest absolute Gasteiger partial charge is 0.461 e. The Morgan fingerprint density at radius 2 is 2.00 bits per heavy atom. The van der Waals surface area contributed by atoms with E-state index < -0.39 is 16.4 Å². The smallest absolute Gasteiger partial charge is 0.385 e. The molecule has 0 N–H and O–H groups in total. The molecule has 0 spiro atoms. The van der Waals surface area contributed by atoms with Crippen molar-refractivity contribution in [2.45, 2.75) is 38.1 Å². The Hall–Kier alpha value is -1.13. The van der Waals surface area contributed by atoms with Crippen molar-refractivity contribution < 1.29 is 14.5 Å². The SMILES string of the molecule is CCOC(=O)C1([N+](=O)[O-])C2CCCCC21. The lowest BCUT2D eigenvalue weighted by Gasteiger charge is -2.07. The standard InChI is InChI=1S/C10H15NO4/c1-2-15-9(12)10(11(13)14)7-5-3-4-6-8(7)10/h7-8H,2-6H2,1H3. The van der Waals surface area contributed by atoms with Crippen LogP contribution in [0.15, 0.2) is 0 Å². The number of hydrogen-bond acceptors (Lipinski definition) is 4. The lowest BCUT2D eigenvalue weighted by molar-refractivity contribution is -0.532. The molecule has 2 rings (SSSR count). The number of hydrogen-bond donors (Lipinski definition) is 0. The Kier molecular flexibility index (Phi) is 2.40. The van der Waals surface area contributed by atoms with E-state index in [2.05, 4.69) is 0 Å². The van der Waals surface area contributed by atoms with E-state index >= 15 is 0 Å². The molecule has 84 valence electrons. The zero-order valence-electron chi connectivity index (χ0n) is 8.77. The highest BCUT2D eigenvalue weighted by Gasteiger charge is 2.81. The minimum Gasteiger partial charge on any atom is -0.461 e. The van der Waals surface area contributed by atoms with Crippen LogP contribution in [0.3, 0.4) is 0 Å². The van der Waals surface area contributed by atoms with Gasteiger partial charge in [0.15, 0.2) is 0 Å². The molecule has 0 saturated heterocycles. The Labute approximate surface area is 87.9 Å². The summed E-state index contributed by atoms with van der Waals surface area (Å²) in [6, 6.07) is 0. The van der Waals surface area contributed by atoms with Crippen molar-refractivity contribution >= 4 is 5.97 Å². The molecule has 2 aliphatic rings. The average molecular weight is 213 g/mol. The molecule has 2 saturated carbocycles. The van der Waals surface area contributed by atoms with Gasteiger partial charge in [0, 0.05) is 4.92 Å². The maximum absolute atomic E-state index is 11.7. The van der Waals surface area contributed by atoms with Crippen LogP contribution in [0.1, 0.15) is 32.6 Å². The molecule has 0 heterocycles. The molecule has 2 fully saturated rings. The predicted octanol–water partition coefficient (Wildman–Crippen LogP) is 1.39. The topological polar surface area (TPSA) is 69.4 Å². The molecule has 15 heavy (non-hydrogen) atoms. The van der Waals surface area contributed by atoms with Crippen molar-refractivity contribution in [3.8, 4) is 0 Å². The van der Waals surface area contributed by atoms with Crippen LogP contribution < -0.4 is 0 Å². The van der Waals surface area contributed by atoms with Crippen LogP contribution >= 0.6 is 0 Å². The van der Waals surface area contributed by atoms with Gasteiger partial charge in [-0.2, -0.15) is 0 Å². The van der Waals surface area contributed by atoms with Crippen molar-refractivity contribution in [3.63, 3.8) is 0 Å². The molecule has 5 nitrogen and oxygen atoms in total. The van der Waals surface area contributed by atoms with Crippen molar-refractivity contribution in [1.29, 1.82) is 0 Å². The molecule has 0 aromatic rings. The Morgan fingerprint density at radius 1 is 1.47 bits per heavy atom. The molecule has 0 amide bonds. The van der Waals surface area contributed by atoms with Crippen LogP contribution in [0.25, 0.3) is 0 Å². The van der Waals surface area contributed by atoms with E-state index in [-0.39, 0.29) is 18.4 Å². The second kappa shape index (κ2) is 3.47. The molecule has 5 heteroatoms. The second-order valence-corrected chi connectivity index (χ2v) is 4.30. The minimum atomic E-state index is -1.38. The summed E-state index contributed by atoms with van der Waals surface area (Å²) in [5.74, 6) is -0.757. The number of ether oxygens (including phenoxy) is 1. The Bertz CT molecular complexity index is 290. The predicted molar refractivity (Wildman–Crippen MR) is 51.8 cm³/mol. The van der Waals surface area contributed by atoms with Crippen molar-refractivity contribution in [1.82, 2.24) is 0 Å². The molecule has 0 aliphatic heterocycles. The molecule has 0 aromatic carbocycles. The molecular weight excluding hydrogens is 198 g/mol. The first-order chi connectivity index (χ1) is 7.15. The minimum absolute atomic E-state index is 0.0692. The van der Waals surface area contributed by atoms with Crippen molar-refractivity contribution in [2.24, 2.45) is 11.8 Å². The maximum Gasteiger partial charge on any atom is 0.385 e. The van der Waals surface area contributed by atoms with Gasteiger partial charge in [-0.25, -0.2) is 4.79 Å². The first-order valence-corrected chi connectivity index (χ1v) is 5.47. The van der Waals surface area contributed by atoms with Crippen molar-refractivity contribution in [3.05, 3.63) is 10.1 Å². The van der Waals surface area contributed by atoms with E-state index in [4.69, 9.17) is 4.74 Å². The number of fused-ring (bicyclic) bond motifs is 1. The highest BCUT2D eigenvalue weighted by Crippen LogP contribution is 2.61. The normalized spacial score (nSPS) is 37.9. The van der Waals surface area contributed by atoms with E-state index in [1.54, 1.807) is 6.92 Å². The fourth-order valence-corrected chi connectivity index (χ4v) is 2.99. The molecule has 2 atom stereocenters. The fraction of sp³-hybridized carbons (Fsp3) is 0.900. The zero-order chi connectivity index (χ0) is 11.1. The van der Waals surface area contributed by atoms with Crippen molar-refractivity contribution in [2.75, 3.05) is 6.61 Å². The molecule has 0 aromatic heterocycles. The third-order valence-electron chi connectivity index (χ3n) is 3.69. The lowest BCUT2D eigenvalue weighted by Crippen LogP contribution is -2.37. The van der Waals surface area contributed by atoms with E-state index in [1.165, 1.54) is 0 Å². The van der Waals surface area contributed by atoms with Gasteiger partial charge in [0.05, 0.1) is 18.4 Å². The quantitative estimate of drug-likeness (QED) is 0.403. The van der Waals surface area contributed by atoms with Crippen LogP contribution in [-0.2, 0) is 9.53 Å². The number of rotatable bonds is 3. The summed E-state index contributed by atoms with van der Waals surface area (Å²) in [5, 5.41) is 11.1. The summed E-state index contributed by atoms with van der Waals surface area (Å²) in [6.45, 7) is 1.89. The fourth-order valence-electron chi connectivity index (χ4n) is 2.99. The molecule has 0 bridgehead atoms. The van der Waals surface area contributed by atoms with Gasteiger partial charge < -0.3 is 4.74 Å². The molecule has 0 radical (unpaired) electrons. The maximum atomic E-state index is 11.7. The van der Waals surface area contributed by atoms with Gasteiger partial charge in [-0.15, -0.1) is 0 Å². The zero-order valence-corrected chi connectivity index (χ0v) is 8.77. The summed E-state index contributed by atoms with van der Waals surface area (Å²) in [7, 11) is 0. The van der Waals surface area contributed by atoms with E-state index in [0.29, 0.717) is 0 Å². The number of nitro groups is 1. The van der Waals surface area contributed by atoms with Gasteiger partial charge in [-0.05, 0) is 19.8 Å². The first-order valence-electron chi connectivity index (χ1n) is 5.47. The highest BCUT2D eigenvalue weighted by atomic mass is 16.6. The van der Waals surface area contributed by atoms with E-state index in [1.807, 2.05) is 0 Å². The van der Waals surface area contributed by atoms with Crippen LogP contribution in [-0.4, -0.2) is 23.0 Å². The number of carbonyl (C=O) groups is 1. The number of esters is 1. The Morgan fingerprint density at radius 3 is 2.40 bits per heavy atom. The van der Waals surface area contributed by atoms with Crippen LogP contribution in [0.2, 0.25) is 0 Å². The van der Waals surface area contributed by atoms with Crippen LogP contribution in [0.4, 0.5) is 0 Å². The summed E-state index contributed by atoms with van der Waals surface area (Å²) in [6.07, 6.45) is 3.58. The summed E-state index contributed by atoms with van der Waals surface area (Å²) in [4.78, 5) is 22.3. The van der Waals surface area contributed by atoms with Gasteiger partial charge in [0.25, 0.3) is 0 Å². The summed E-state index contributed by atoms with van der Waals surface area (Å²) in [5.41, 5.74) is -1.38. The first kappa shape index (κ1) is 10.4.